The van der Waals surface area contributed by atoms with Crippen LogP contribution in [-0.4, -0.2) is 65.4 Å². The first-order valence-electron chi connectivity index (χ1n) is 9.61. The molecule has 2 aromatic rings. The van der Waals surface area contributed by atoms with Gasteiger partial charge in [-0.3, -0.25) is 14.6 Å². The lowest BCUT2D eigenvalue weighted by atomic mass is 9.95. The number of Topliss-reactive ketones (excluding diaryl/α,β-unsaturated/α-hetero) is 1. The summed E-state index contributed by atoms with van der Waals surface area (Å²) in [4.78, 5) is 33.1. The molecule has 3 rings (SSSR count). The summed E-state index contributed by atoms with van der Waals surface area (Å²) in [5, 5.41) is 10.9. The van der Waals surface area contributed by atoms with E-state index in [1.54, 1.807) is 42.5 Å². The highest BCUT2D eigenvalue weighted by Gasteiger charge is 2.45. The third kappa shape index (κ3) is 4.41. The molecule has 1 aliphatic heterocycles. The molecule has 1 N–H and O–H groups in total. The van der Waals surface area contributed by atoms with Gasteiger partial charge in [-0.05, 0) is 43.9 Å². The van der Waals surface area contributed by atoms with Crippen molar-refractivity contribution < 1.29 is 19.4 Å². The van der Waals surface area contributed by atoms with Gasteiger partial charge < -0.3 is 19.6 Å². The van der Waals surface area contributed by atoms with Crippen molar-refractivity contribution in [3.8, 4) is 5.75 Å². The first-order chi connectivity index (χ1) is 14.4. The molecule has 7 heteroatoms. The summed E-state index contributed by atoms with van der Waals surface area (Å²) in [7, 11) is 3.79. The average Bonchev–Trinajstić information content (AvgIpc) is 3.01. The highest BCUT2D eigenvalue weighted by atomic mass is 16.5. The molecule has 1 unspecified atom stereocenters. The molecule has 1 amide bonds. The van der Waals surface area contributed by atoms with Gasteiger partial charge in [0, 0.05) is 31.0 Å². The molecule has 0 radical (unpaired) electrons. The molecular formula is C23H25N3O4. The summed E-state index contributed by atoms with van der Waals surface area (Å²) in [5.41, 5.74) is 1.23. The molecule has 0 saturated carbocycles. The Labute approximate surface area is 175 Å². The number of ether oxygens (including phenoxy) is 1. The van der Waals surface area contributed by atoms with E-state index in [1.807, 2.05) is 19.0 Å². The van der Waals surface area contributed by atoms with Crippen LogP contribution in [0.1, 0.15) is 17.2 Å². The molecule has 0 bridgehead atoms. The van der Waals surface area contributed by atoms with Gasteiger partial charge in [0.1, 0.15) is 18.1 Å². The van der Waals surface area contributed by atoms with E-state index in [-0.39, 0.29) is 11.3 Å². The Kier molecular flexibility index (Phi) is 6.64. The van der Waals surface area contributed by atoms with Gasteiger partial charge in [0.15, 0.2) is 0 Å². The first-order valence-corrected chi connectivity index (χ1v) is 9.61. The number of pyridine rings is 1. The maximum Gasteiger partial charge on any atom is 0.295 e. The number of nitrogens with zero attached hydrogens (tertiary/aromatic N) is 3. The SMILES string of the molecule is C=CCOc1ccc(C2C(=C(O)c3ccncc3)C(=O)C(=O)N2CCN(C)C)cc1. The van der Waals surface area contributed by atoms with Crippen molar-refractivity contribution in [2.45, 2.75) is 6.04 Å². The molecule has 1 atom stereocenters. The summed E-state index contributed by atoms with van der Waals surface area (Å²) >= 11 is 0. The van der Waals surface area contributed by atoms with E-state index in [0.29, 0.717) is 31.0 Å². The molecule has 7 nitrogen and oxygen atoms in total. The van der Waals surface area contributed by atoms with Gasteiger partial charge in [-0.2, -0.15) is 0 Å². The lowest BCUT2D eigenvalue weighted by molar-refractivity contribution is -0.140. The number of likely N-dealkylation sites (N-methyl/N-ethyl adjacent to an activating group) is 1. The number of amides is 1. The molecule has 0 spiro atoms. The Hall–Kier alpha value is -3.45. The molecule has 1 aromatic heterocycles. The predicted octanol–water partition coefficient (Wildman–Crippen LogP) is 2.63. The van der Waals surface area contributed by atoms with Gasteiger partial charge in [0.25, 0.3) is 11.7 Å². The second kappa shape index (κ2) is 9.37. The van der Waals surface area contributed by atoms with E-state index >= 15 is 0 Å². The number of carbonyl (C=O) groups excluding carboxylic acids is 2. The molecule has 156 valence electrons. The molecule has 0 aliphatic carbocycles. The van der Waals surface area contributed by atoms with Gasteiger partial charge in [-0.15, -0.1) is 0 Å². The fourth-order valence-electron chi connectivity index (χ4n) is 3.33. The van der Waals surface area contributed by atoms with Crippen molar-refractivity contribution in [1.82, 2.24) is 14.8 Å². The van der Waals surface area contributed by atoms with E-state index < -0.39 is 17.7 Å². The standard InChI is InChI=1S/C23H25N3O4/c1-4-15-30-18-7-5-16(6-8-18)20-19(21(27)17-9-11-24-12-10-17)22(28)23(29)26(20)14-13-25(2)3/h4-12,20,27H,1,13-15H2,2-3H3. The number of rotatable bonds is 8. The summed E-state index contributed by atoms with van der Waals surface area (Å²) in [6.45, 7) is 4.94. The smallest absolute Gasteiger partial charge is 0.295 e. The van der Waals surface area contributed by atoms with Crippen molar-refractivity contribution in [3.63, 3.8) is 0 Å². The van der Waals surface area contributed by atoms with Crippen LogP contribution in [0.15, 0.2) is 67.0 Å². The highest BCUT2D eigenvalue weighted by Crippen LogP contribution is 2.39. The monoisotopic (exact) mass is 407 g/mol. The van der Waals surface area contributed by atoms with Crippen LogP contribution in [0.25, 0.3) is 5.76 Å². The van der Waals surface area contributed by atoms with E-state index in [0.717, 1.165) is 5.56 Å². The molecule has 2 heterocycles. The van der Waals surface area contributed by atoms with Gasteiger partial charge >= 0.3 is 0 Å². The van der Waals surface area contributed by atoms with Crippen LogP contribution < -0.4 is 4.74 Å². The lowest BCUT2D eigenvalue weighted by Crippen LogP contribution is -2.35. The summed E-state index contributed by atoms with van der Waals surface area (Å²) in [6, 6.07) is 9.67. The molecule has 1 fully saturated rings. The Morgan fingerprint density at radius 1 is 1.20 bits per heavy atom. The minimum Gasteiger partial charge on any atom is -0.507 e. The normalized spacial score (nSPS) is 18.1. The van der Waals surface area contributed by atoms with Crippen LogP contribution in [-0.2, 0) is 9.59 Å². The molecule has 1 aromatic carbocycles. The van der Waals surface area contributed by atoms with Crippen LogP contribution in [0.5, 0.6) is 5.75 Å². The van der Waals surface area contributed by atoms with Crippen molar-refractivity contribution in [2.24, 2.45) is 0 Å². The van der Waals surface area contributed by atoms with E-state index in [1.165, 1.54) is 17.3 Å². The van der Waals surface area contributed by atoms with E-state index in [9.17, 15) is 14.7 Å². The number of carbonyl (C=O) groups is 2. The molecule has 1 aliphatic rings. The second-order valence-electron chi connectivity index (χ2n) is 7.20. The predicted molar refractivity (Wildman–Crippen MR) is 114 cm³/mol. The largest absolute Gasteiger partial charge is 0.507 e. The van der Waals surface area contributed by atoms with Crippen molar-refractivity contribution in [1.29, 1.82) is 0 Å². The average molecular weight is 407 g/mol. The quantitative estimate of drug-likeness (QED) is 0.314. The minimum atomic E-state index is -0.694. The summed E-state index contributed by atoms with van der Waals surface area (Å²) < 4.78 is 5.52. The Morgan fingerprint density at radius 2 is 1.87 bits per heavy atom. The van der Waals surface area contributed by atoms with E-state index in [4.69, 9.17) is 4.74 Å². The Bertz CT molecular complexity index is 952. The number of benzene rings is 1. The van der Waals surface area contributed by atoms with Crippen molar-refractivity contribution in [2.75, 3.05) is 33.8 Å². The van der Waals surface area contributed by atoms with Crippen molar-refractivity contribution >= 4 is 17.4 Å². The number of hydrogen-bond acceptors (Lipinski definition) is 6. The van der Waals surface area contributed by atoms with Gasteiger partial charge in [0.2, 0.25) is 0 Å². The third-order valence-corrected chi connectivity index (χ3v) is 4.85. The Balaban J connectivity index is 2.06. The third-order valence-electron chi connectivity index (χ3n) is 4.85. The summed E-state index contributed by atoms with van der Waals surface area (Å²) in [5.74, 6) is -0.873. The number of aliphatic hydroxyl groups is 1. The highest BCUT2D eigenvalue weighted by molar-refractivity contribution is 6.46. The Morgan fingerprint density at radius 3 is 2.47 bits per heavy atom. The van der Waals surface area contributed by atoms with Crippen LogP contribution >= 0.6 is 0 Å². The molecule has 30 heavy (non-hydrogen) atoms. The van der Waals surface area contributed by atoms with Crippen LogP contribution in [0.3, 0.4) is 0 Å². The molecule has 1 saturated heterocycles. The first kappa shape index (κ1) is 21.3. The minimum absolute atomic E-state index is 0.0738. The van der Waals surface area contributed by atoms with Crippen LogP contribution in [0.2, 0.25) is 0 Å². The number of ketones is 1. The number of aromatic nitrogens is 1. The fourth-order valence-corrected chi connectivity index (χ4v) is 3.33. The fraction of sp³-hybridized carbons (Fsp3) is 0.261. The summed E-state index contributed by atoms with van der Waals surface area (Å²) in [6.07, 6.45) is 4.70. The lowest BCUT2D eigenvalue weighted by Gasteiger charge is -2.26. The van der Waals surface area contributed by atoms with Gasteiger partial charge in [-0.25, -0.2) is 0 Å². The number of aliphatic hydroxyl groups excluding tert-OH is 1. The molecular weight excluding hydrogens is 382 g/mol. The van der Waals surface area contributed by atoms with Crippen LogP contribution in [0, 0.1) is 0 Å². The zero-order chi connectivity index (χ0) is 21.7. The maximum absolute atomic E-state index is 12.9. The van der Waals surface area contributed by atoms with Gasteiger partial charge in [-0.1, -0.05) is 24.8 Å². The van der Waals surface area contributed by atoms with Crippen LogP contribution in [0.4, 0.5) is 0 Å². The zero-order valence-corrected chi connectivity index (χ0v) is 17.1. The maximum atomic E-state index is 12.9. The number of likely N-dealkylation sites (tertiary alicyclic amines) is 1. The van der Waals surface area contributed by atoms with Gasteiger partial charge in [0.05, 0.1) is 11.6 Å². The second-order valence-corrected chi connectivity index (χ2v) is 7.20. The zero-order valence-electron chi connectivity index (χ0n) is 17.1. The topological polar surface area (TPSA) is 83.0 Å². The number of hydrogen-bond donors (Lipinski definition) is 1. The van der Waals surface area contributed by atoms with Crippen molar-refractivity contribution in [3.05, 3.63) is 78.1 Å². The van der Waals surface area contributed by atoms with E-state index in [2.05, 4.69) is 11.6 Å².